The van der Waals surface area contributed by atoms with Gasteiger partial charge in [0.25, 0.3) is 0 Å². The van der Waals surface area contributed by atoms with Crippen LogP contribution in [0, 0.1) is 0 Å². The van der Waals surface area contributed by atoms with Gasteiger partial charge >= 0.3 is 0 Å². The van der Waals surface area contributed by atoms with E-state index < -0.39 is 0 Å². The highest BCUT2D eigenvalue weighted by molar-refractivity contribution is 6.23. The van der Waals surface area contributed by atoms with Crippen molar-refractivity contribution in [3.05, 3.63) is 205 Å². The van der Waals surface area contributed by atoms with Gasteiger partial charge < -0.3 is 13.7 Å². The van der Waals surface area contributed by atoms with Gasteiger partial charge in [-0.3, -0.25) is 0 Å². The van der Waals surface area contributed by atoms with Gasteiger partial charge in [0.05, 0.1) is 27.6 Å². The van der Waals surface area contributed by atoms with Crippen molar-refractivity contribution < 1.29 is 0 Å². The summed E-state index contributed by atoms with van der Waals surface area (Å²) < 4.78 is 7.40. The third-order valence-corrected chi connectivity index (χ3v) is 12.1. The van der Waals surface area contributed by atoms with Crippen molar-refractivity contribution in [2.75, 3.05) is 0 Å². The average molecular weight is 728 g/mol. The molecule has 0 saturated carbocycles. The molecular weight excluding hydrogens is 691 g/mol. The predicted molar refractivity (Wildman–Crippen MR) is 240 cm³/mol. The topological polar surface area (TPSA) is 14.8 Å². The first-order chi connectivity index (χ1) is 28.3. The van der Waals surface area contributed by atoms with E-state index in [1.807, 2.05) is 0 Å². The maximum absolute atomic E-state index is 2.55. The molecule has 3 nitrogen and oxygen atoms in total. The van der Waals surface area contributed by atoms with Crippen LogP contribution in [-0.2, 0) is 6.42 Å². The second-order valence-electron chi connectivity index (χ2n) is 15.2. The summed E-state index contributed by atoms with van der Waals surface area (Å²) in [6.45, 7) is 0. The standard InChI is InChI=1S/C54H37N3/c1-3-15-36(16-4-1)38-33-39(37-17-5-2-6-18-37)35-42(34-38)57-50-26-14-10-22-46(50)54-52(57)32-31-51-53(54)45-21-9-13-25-49(45)56(51)41-29-27-40(28-30-41)55-47-23-11-7-19-43(47)44-20-8-12-24-48(44)55/h1-13,15-25,27-35H,14,26H2. The summed E-state index contributed by atoms with van der Waals surface area (Å²) >= 11 is 0. The predicted octanol–water partition coefficient (Wildman–Crippen LogP) is 14.1. The summed E-state index contributed by atoms with van der Waals surface area (Å²) in [5.74, 6) is 0. The highest BCUT2D eigenvalue weighted by Gasteiger charge is 2.25. The maximum atomic E-state index is 2.55. The molecule has 1 aliphatic carbocycles. The van der Waals surface area contributed by atoms with Gasteiger partial charge in [-0.2, -0.15) is 0 Å². The molecule has 3 heterocycles. The van der Waals surface area contributed by atoms with Crippen LogP contribution < -0.4 is 0 Å². The first kappa shape index (κ1) is 31.9. The van der Waals surface area contributed by atoms with Gasteiger partial charge in [0.15, 0.2) is 0 Å². The number of allylic oxidation sites excluding steroid dienone is 1. The van der Waals surface area contributed by atoms with Crippen molar-refractivity contribution in [1.29, 1.82) is 0 Å². The molecule has 0 amide bonds. The Bertz CT molecular complexity index is 3260. The number of hydrogen-bond acceptors (Lipinski definition) is 0. The first-order valence-corrected chi connectivity index (χ1v) is 19.9. The van der Waals surface area contributed by atoms with Crippen LogP contribution in [0.5, 0.6) is 0 Å². The molecule has 0 unspecified atom stereocenters. The molecule has 0 bridgehead atoms. The van der Waals surface area contributed by atoms with E-state index in [0.29, 0.717) is 0 Å². The molecule has 0 radical (unpaired) electrons. The van der Waals surface area contributed by atoms with Crippen LogP contribution in [0.3, 0.4) is 0 Å². The first-order valence-electron chi connectivity index (χ1n) is 19.9. The van der Waals surface area contributed by atoms with Gasteiger partial charge in [0.1, 0.15) is 0 Å². The Morgan fingerprint density at radius 3 is 1.39 bits per heavy atom. The van der Waals surface area contributed by atoms with Gasteiger partial charge in [-0.1, -0.05) is 127 Å². The molecule has 0 spiro atoms. The molecule has 0 aliphatic heterocycles. The number of hydrogen-bond donors (Lipinski definition) is 0. The maximum Gasteiger partial charge on any atom is 0.0548 e. The number of aromatic nitrogens is 3. The summed E-state index contributed by atoms with van der Waals surface area (Å²) in [6.07, 6.45) is 6.74. The van der Waals surface area contributed by atoms with Gasteiger partial charge in [0.2, 0.25) is 0 Å². The largest absolute Gasteiger partial charge is 0.313 e. The Kier molecular flexibility index (Phi) is 7.05. The van der Waals surface area contributed by atoms with E-state index in [-0.39, 0.29) is 0 Å². The molecule has 268 valence electrons. The zero-order valence-corrected chi connectivity index (χ0v) is 31.3. The van der Waals surface area contributed by atoms with Gasteiger partial charge in [-0.25, -0.2) is 0 Å². The Morgan fingerprint density at radius 1 is 0.333 bits per heavy atom. The number of fused-ring (bicyclic) bond motifs is 10. The fourth-order valence-electron chi connectivity index (χ4n) is 9.63. The van der Waals surface area contributed by atoms with E-state index in [2.05, 4.69) is 214 Å². The number of para-hydroxylation sites is 3. The van der Waals surface area contributed by atoms with Crippen LogP contribution in [0.1, 0.15) is 17.7 Å². The Hall–Kier alpha value is -7.36. The fraction of sp³-hybridized carbons (Fsp3) is 0.0370. The Morgan fingerprint density at radius 2 is 0.807 bits per heavy atom. The van der Waals surface area contributed by atoms with E-state index in [0.717, 1.165) is 24.2 Å². The third-order valence-electron chi connectivity index (χ3n) is 12.1. The summed E-state index contributed by atoms with van der Waals surface area (Å²) in [4.78, 5) is 0. The van der Waals surface area contributed by atoms with Gasteiger partial charge in [-0.15, -0.1) is 0 Å². The van der Waals surface area contributed by atoms with Crippen molar-refractivity contribution in [3.8, 4) is 39.3 Å². The molecule has 1 aliphatic rings. The SMILES string of the molecule is C1=Cc2c(n(-c3cc(-c4ccccc4)cc(-c4ccccc4)c3)c3ccc4c(c5ccccc5n4-c4ccc(-n5c6ccccc6c6ccccc65)cc4)c23)CC1. The summed E-state index contributed by atoms with van der Waals surface area (Å²) in [5.41, 5.74) is 17.2. The lowest BCUT2D eigenvalue weighted by Gasteiger charge is -2.17. The van der Waals surface area contributed by atoms with Crippen molar-refractivity contribution in [2.24, 2.45) is 0 Å². The second kappa shape index (κ2) is 12.6. The van der Waals surface area contributed by atoms with Crippen LogP contribution in [0.4, 0.5) is 0 Å². The molecule has 12 rings (SSSR count). The fourth-order valence-corrected chi connectivity index (χ4v) is 9.63. The van der Waals surface area contributed by atoms with E-state index >= 15 is 0 Å². The molecule has 3 heteroatoms. The van der Waals surface area contributed by atoms with Crippen LogP contribution in [0.15, 0.2) is 194 Å². The monoisotopic (exact) mass is 727 g/mol. The number of benzene rings is 8. The van der Waals surface area contributed by atoms with Gasteiger partial charge in [0, 0.05) is 55.3 Å². The van der Waals surface area contributed by atoms with Gasteiger partial charge in [-0.05, 0) is 108 Å². The molecule has 0 saturated heterocycles. The van der Waals surface area contributed by atoms with E-state index in [1.165, 1.54) is 93.7 Å². The highest BCUT2D eigenvalue weighted by atomic mass is 15.0. The van der Waals surface area contributed by atoms with Crippen molar-refractivity contribution >= 4 is 60.6 Å². The van der Waals surface area contributed by atoms with Crippen LogP contribution in [-0.4, -0.2) is 13.7 Å². The molecule has 11 aromatic rings. The Labute approximate surface area is 330 Å². The van der Waals surface area contributed by atoms with E-state index in [4.69, 9.17) is 0 Å². The van der Waals surface area contributed by atoms with Crippen LogP contribution in [0.25, 0.3) is 99.9 Å². The number of rotatable bonds is 5. The van der Waals surface area contributed by atoms with E-state index in [1.54, 1.807) is 0 Å². The normalized spacial score (nSPS) is 12.7. The van der Waals surface area contributed by atoms with Crippen molar-refractivity contribution in [3.63, 3.8) is 0 Å². The smallest absolute Gasteiger partial charge is 0.0548 e. The van der Waals surface area contributed by atoms with E-state index in [9.17, 15) is 0 Å². The highest BCUT2D eigenvalue weighted by Crippen LogP contribution is 2.44. The average Bonchev–Trinajstić information content (AvgIpc) is 3.93. The number of nitrogens with zero attached hydrogens (tertiary/aromatic N) is 3. The van der Waals surface area contributed by atoms with Crippen molar-refractivity contribution in [1.82, 2.24) is 13.7 Å². The molecule has 0 N–H and O–H groups in total. The molecule has 8 aromatic carbocycles. The van der Waals surface area contributed by atoms with Crippen molar-refractivity contribution in [2.45, 2.75) is 12.8 Å². The zero-order chi connectivity index (χ0) is 37.5. The van der Waals surface area contributed by atoms with Crippen LogP contribution in [0.2, 0.25) is 0 Å². The summed E-state index contributed by atoms with van der Waals surface area (Å²) in [6, 6.07) is 68.9. The third kappa shape index (κ3) is 4.85. The minimum atomic E-state index is 0.987. The quantitative estimate of drug-likeness (QED) is 0.168. The summed E-state index contributed by atoms with van der Waals surface area (Å²) in [7, 11) is 0. The lowest BCUT2D eigenvalue weighted by atomic mass is 9.97. The second-order valence-corrected chi connectivity index (χ2v) is 15.2. The lowest BCUT2D eigenvalue weighted by molar-refractivity contribution is 0.889. The molecule has 0 atom stereocenters. The zero-order valence-electron chi connectivity index (χ0n) is 31.3. The van der Waals surface area contributed by atoms with Crippen LogP contribution >= 0.6 is 0 Å². The molecule has 57 heavy (non-hydrogen) atoms. The molecule has 3 aromatic heterocycles. The Balaban J connectivity index is 1.09. The molecular formula is C54H37N3. The minimum absolute atomic E-state index is 0.987. The lowest BCUT2D eigenvalue weighted by Crippen LogP contribution is -2.03. The molecule has 0 fully saturated rings. The summed E-state index contributed by atoms with van der Waals surface area (Å²) in [5, 5.41) is 6.44. The minimum Gasteiger partial charge on any atom is -0.313 e.